The monoisotopic (exact) mass is 207 g/mol. The maximum absolute atomic E-state index is 9.78. The largest absolute Gasteiger partial charge is 0.388 e. The predicted molar refractivity (Wildman–Crippen MR) is 58.3 cm³/mol. The van der Waals surface area contributed by atoms with Gasteiger partial charge in [0.25, 0.3) is 0 Å². The van der Waals surface area contributed by atoms with Crippen LogP contribution in [-0.2, 0) is 4.74 Å². The molecule has 0 saturated carbocycles. The summed E-state index contributed by atoms with van der Waals surface area (Å²) in [4.78, 5) is 0. The van der Waals surface area contributed by atoms with E-state index >= 15 is 0 Å². The summed E-state index contributed by atoms with van der Waals surface area (Å²) in [7, 11) is 1.69. The van der Waals surface area contributed by atoms with Crippen molar-refractivity contribution in [3.05, 3.63) is 0 Å². The molecular formula is C9H21NO2S. The van der Waals surface area contributed by atoms with Gasteiger partial charge in [0.1, 0.15) is 0 Å². The molecule has 0 saturated heterocycles. The Balaban J connectivity index is 3.50. The first-order valence-corrected chi connectivity index (χ1v) is 5.86. The summed E-state index contributed by atoms with van der Waals surface area (Å²) >= 11 is 1.65. The molecule has 0 spiro atoms. The van der Waals surface area contributed by atoms with Crippen molar-refractivity contribution >= 4 is 11.8 Å². The van der Waals surface area contributed by atoms with Crippen molar-refractivity contribution in [2.45, 2.75) is 25.6 Å². The van der Waals surface area contributed by atoms with Crippen molar-refractivity contribution in [2.24, 2.45) is 0 Å². The Morgan fingerprint density at radius 3 is 2.69 bits per heavy atom. The Labute approximate surface area is 85.2 Å². The number of hydrogen-bond donors (Lipinski definition) is 2. The third-order valence-corrected chi connectivity index (χ3v) is 2.71. The maximum Gasteiger partial charge on any atom is 0.0833 e. The lowest BCUT2D eigenvalue weighted by atomic mass is 10.1. The van der Waals surface area contributed by atoms with Gasteiger partial charge in [-0.05, 0) is 20.1 Å². The molecule has 80 valence electrons. The van der Waals surface area contributed by atoms with Crippen LogP contribution in [0.5, 0.6) is 0 Å². The zero-order valence-corrected chi connectivity index (χ0v) is 9.78. The van der Waals surface area contributed by atoms with E-state index in [1.807, 2.05) is 20.1 Å². The molecule has 4 heteroatoms. The van der Waals surface area contributed by atoms with E-state index in [1.54, 1.807) is 18.9 Å². The lowest BCUT2D eigenvalue weighted by Gasteiger charge is -2.23. The number of aliphatic hydroxyl groups is 1. The first kappa shape index (κ1) is 13.2. The summed E-state index contributed by atoms with van der Waals surface area (Å²) in [6.07, 6.45) is 2.19. The average molecular weight is 207 g/mol. The van der Waals surface area contributed by atoms with Gasteiger partial charge in [0.15, 0.2) is 0 Å². The fourth-order valence-electron chi connectivity index (χ4n) is 0.990. The first-order chi connectivity index (χ1) is 6.02. The molecule has 3 nitrogen and oxygen atoms in total. The number of ether oxygens (including phenoxy) is 1. The van der Waals surface area contributed by atoms with E-state index < -0.39 is 5.60 Å². The van der Waals surface area contributed by atoms with Gasteiger partial charge in [0, 0.05) is 26.0 Å². The Bertz CT molecular complexity index is 131. The SMILES string of the molecule is COC(C)CNCC(C)(O)CSC. The van der Waals surface area contributed by atoms with Gasteiger partial charge in [0.2, 0.25) is 0 Å². The van der Waals surface area contributed by atoms with Crippen molar-refractivity contribution in [2.75, 3.05) is 32.2 Å². The number of hydrogen-bond acceptors (Lipinski definition) is 4. The van der Waals surface area contributed by atoms with E-state index in [9.17, 15) is 5.11 Å². The molecule has 13 heavy (non-hydrogen) atoms. The van der Waals surface area contributed by atoms with Gasteiger partial charge in [-0.15, -0.1) is 0 Å². The second-order valence-electron chi connectivity index (χ2n) is 3.61. The fraction of sp³-hybridized carbons (Fsp3) is 1.00. The predicted octanol–water partition coefficient (Wildman–Crippen LogP) is 0.725. The molecule has 0 aromatic rings. The van der Waals surface area contributed by atoms with Gasteiger partial charge >= 0.3 is 0 Å². The minimum Gasteiger partial charge on any atom is -0.388 e. The average Bonchev–Trinajstić information content (AvgIpc) is 2.03. The Hall–Kier alpha value is 0.230. The van der Waals surface area contributed by atoms with Gasteiger partial charge in [-0.2, -0.15) is 11.8 Å². The summed E-state index contributed by atoms with van der Waals surface area (Å²) in [5.41, 5.74) is -0.618. The van der Waals surface area contributed by atoms with Gasteiger partial charge in [0.05, 0.1) is 11.7 Å². The molecule has 2 unspecified atom stereocenters. The minimum absolute atomic E-state index is 0.199. The quantitative estimate of drug-likeness (QED) is 0.645. The molecule has 0 aliphatic carbocycles. The van der Waals surface area contributed by atoms with Crippen LogP contribution in [0, 0.1) is 0 Å². The van der Waals surface area contributed by atoms with E-state index in [4.69, 9.17) is 4.74 Å². The molecule has 0 rings (SSSR count). The summed E-state index contributed by atoms with van der Waals surface area (Å²) in [5.74, 6) is 0.751. The number of rotatable bonds is 7. The molecule has 2 atom stereocenters. The second kappa shape index (κ2) is 6.65. The number of nitrogens with one attached hydrogen (secondary N) is 1. The van der Waals surface area contributed by atoms with E-state index in [2.05, 4.69) is 5.32 Å². The highest BCUT2D eigenvalue weighted by atomic mass is 32.2. The molecule has 0 heterocycles. The summed E-state index contributed by atoms with van der Waals surface area (Å²) in [6, 6.07) is 0. The van der Waals surface area contributed by atoms with Gasteiger partial charge in [-0.1, -0.05) is 0 Å². The molecule has 0 fully saturated rings. The molecule has 0 aromatic carbocycles. The summed E-state index contributed by atoms with van der Waals surface area (Å²) in [5, 5.41) is 12.9. The lowest BCUT2D eigenvalue weighted by molar-refractivity contribution is 0.0729. The van der Waals surface area contributed by atoms with Crippen molar-refractivity contribution in [1.29, 1.82) is 0 Å². The van der Waals surface area contributed by atoms with Gasteiger partial charge in [-0.3, -0.25) is 0 Å². The van der Waals surface area contributed by atoms with E-state index in [0.29, 0.717) is 6.54 Å². The maximum atomic E-state index is 9.78. The molecular weight excluding hydrogens is 186 g/mol. The van der Waals surface area contributed by atoms with Crippen LogP contribution in [0.4, 0.5) is 0 Å². The Kier molecular flexibility index (Phi) is 6.77. The number of thioether (sulfide) groups is 1. The van der Waals surface area contributed by atoms with E-state index in [0.717, 1.165) is 12.3 Å². The Morgan fingerprint density at radius 2 is 2.23 bits per heavy atom. The van der Waals surface area contributed by atoms with Crippen LogP contribution < -0.4 is 5.32 Å². The zero-order chi connectivity index (χ0) is 10.3. The third-order valence-electron chi connectivity index (χ3n) is 1.80. The topological polar surface area (TPSA) is 41.5 Å². The number of methoxy groups -OCH3 is 1. The van der Waals surface area contributed by atoms with E-state index in [1.165, 1.54) is 0 Å². The van der Waals surface area contributed by atoms with Crippen LogP contribution in [0.2, 0.25) is 0 Å². The molecule has 0 amide bonds. The summed E-state index contributed by atoms with van der Waals surface area (Å²) < 4.78 is 5.08. The lowest BCUT2D eigenvalue weighted by Crippen LogP contribution is -2.42. The van der Waals surface area contributed by atoms with E-state index in [-0.39, 0.29) is 6.10 Å². The van der Waals surface area contributed by atoms with Crippen molar-refractivity contribution in [3.63, 3.8) is 0 Å². The summed E-state index contributed by atoms with van der Waals surface area (Å²) in [6.45, 7) is 5.23. The molecule has 2 N–H and O–H groups in total. The zero-order valence-electron chi connectivity index (χ0n) is 8.96. The second-order valence-corrected chi connectivity index (χ2v) is 4.47. The highest BCUT2D eigenvalue weighted by molar-refractivity contribution is 7.98. The molecule has 0 aliphatic heterocycles. The highest BCUT2D eigenvalue weighted by Gasteiger charge is 2.18. The van der Waals surface area contributed by atoms with Crippen molar-refractivity contribution in [3.8, 4) is 0 Å². The molecule has 0 radical (unpaired) electrons. The van der Waals surface area contributed by atoms with Crippen LogP contribution in [0.3, 0.4) is 0 Å². The van der Waals surface area contributed by atoms with Crippen LogP contribution in [0.15, 0.2) is 0 Å². The normalized spacial score (nSPS) is 18.2. The standard InChI is InChI=1S/C9H21NO2S/c1-8(12-3)5-10-6-9(2,11)7-13-4/h8,10-11H,5-7H2,1-4H3. The van der Waals surface area contributed by atoms with Crippen molar-refractivity contribution in [1.82, 2.24) is 5.32 Å². The molecule has 0 bridgehead atoms. The van der Waals surface area contributed by atoms with Crippen LogP contribution in [0.1, 0.15) is 13.8 Å². The first-order valence-electron chi connectivity index (χ1n) is 4.46. The third kappa shape index (κ3) is 7.31. The highest BCUT2D eigenvalue weighted by Crippen LogP contribution is 2.08. The fourth-order valence-corrected chi connectivity index (χ4v) is 1.71. The van der Waals surface area contributed by atoms with Crippen LogP contribution >= 0.6 is 11.8 Å². The van der Waals surface area contributed by atoms with Crippen LogP contribution in [0.25, 0.3) is 0 Å². The van der Waals surface area contributed by atoms with Gasteiger partial charge in [-0.25, -0.2) is 0 Å². The van der Waals surface area contributed by atoms with Gasteiger partial charge < -0.3 is 15.2 Å². The van der Waals surface area contributed by atoms with Crippen molar-refractivity contribution < 1.29 is 9.84 Å². The Morgan fingerprint density at radius 1 is 1.62 bits per heavy atom. The molecule has 0 aromatic heterocycles. The smallest absolute Gasteiger partial charge is 0.0833 e. The molecule has 0 aliphatic rings. The minimum atomic E-state index is -0.618. The van der Waals surface area contributed by atoms with Crippen LogP contribution in [-0.4, -0.2) is 49.0 Å².